The van der Waals surface area contributed by atoms with Crippen molar-refractivity contribution in [2.24, 2.45) is 5.10 Å². The molecule has 0 radical (unpaired) electrons. The van der Waals surface area contributed by atoms with E-state index in [9.17, 15) is 4.79 Å². The molecular weight excluding hydrogens is 558 g/mol. The van der Waals surface area contributed by atoms with Gasteiger partial charge in [-0.2, -0.15) is 5.10 Å². The molecule has 32 heavy (non-hydrogen) atoms. The smallest absolute Gasteiger partial charge is 0.259 e. The molecule has 0 aliphatic carbocycles. The van der Waals surface area contributed by atoms with E-state index in [2.05, 4.69) is 43.0 Å². The fraction of sp³-hybridized carbons (Fsp3) is 0.0833. The van der Waals surface area contributed by atoms with Crippen molar-refractivity contribution < 1.29 is 4.79 Å². The van der Waals surface area contributed by atoms with E-state index >= 15 is 0 Å². The number of para-hydroxylation sites is 1. The Kier molecular flexibility index (Phi) is 7.34. The predicted molar refractivity (Wildman–Crippen MR) is 141 cm³/mol. The number of halogens is 3. The van der Waals surface area contributed by atoms with E-state index in [4.69, 9.17) is 23.2 Å². The molecule has 0 aliphatic rings. The third-order valence-electron chi connectivity index (χ3n) is 4.87. The van der Waals surface area contributed by atoms with Gasteiger partial charge in [0.2, 0.25) is 0 Å². The number of nitrogens with one attached hydrogen (secondary N) is 2. The number of anilines is 1. The van der Waals surface area contributed by atoms with Crippen LogP contribution in [0.2, 0.25) is 10.0 Å². The van der Waals surface area contributed by atoms with Crippen LogP contribution >= 0.6 is 45.8 Å². The first kappa shape index (κ1) is 22.6. The van der Waals surface area contributed by atoms with Gasteiger partial charge in [-0.15, -0.1) is 0 Å². The van der Waals surface area contributed by atoms with Crippen molar-refractivity contribution in [1.82, 2.24) is 9.99 Å². The minimum absolute atomic E-state index is 0.134. The molecule has 3 aromatic carbocycles. The maximum atomic E-state index is 12.1. The van der Waals surface area contributed by atoms with Gasteiger partial charge in [0, 0.05) is 48.5 Å². The van der Waals surface area contributed by atoms with Crippen LogP contribution in [0.15, 0.2) is 78.0 Å². The van der Waals surface area contributed by atoms with Crippen LogP contribution in [0.5, 0.6) is 0 Å². The van der Waals surface area contributed by atoms with Crippen molar-refractivity contribution in [3.8, 4) is 0 Å². The number of nitrogens with zero attached hydrogens (tertiary/aromatic N) is 2. The summed E-state index contributed by atoms with van der Waals surface area (Å²) in [5, 5.41) is 9.49. The number of hydrazone groups is 1. The molecule has 0 saturated heterocycles. The van der Waals surface area contributed by atoms with Crippen LogP contribution in [0.1, 0.15) is 11.1 Å². The van der Waals surface area contributed by atoms with Crippen LogP contribution in [-0.2, 0) is 11.3 Å². The van der Waals surface area contributed by atoms with E-state index in [1.165, 1.54) is 0 Å². The zero-order valence-corrected chi connectivity index (χ0v) is 20.5. The van der Waals surface area contributed by atoms with Crippen molar-refractivity contribution in [2.45, 2.75) is 6.54 Å². The van der Waals surface area contributed by atoms with Crippen LogP contribution < -0.4 is 10.7 Å². The van der Waals surface area contributed by atoms with Crippen LogP contribution in [0.25, 0.3) is 10.9 Å². The monoisotopic (exact) mass is 576 g/mol. The van der Waals surface area contributed by atoms with E-state index in [-0.39, 0.29) is 12.5 Å². The van der Waals surface area contributed by atoms with Gasteiger partial charge in [-0.1, -0.05) is 47.5 Å². The fourth-order valence-corrected chi connectivity index (χ4v) is 4.13. The summed E-state index contributed by atoms with van der Waals surface area (Å²) >= 11 is 14.6. The summed E-state index contributed by atoms with van der Waals surface area (Å²) in [6, 6.07) is 21.3. The molecule has 4 aromatic rings. The number of hydrogen-bond donors (Lipinski definition) is 2. The molecule has 5 nitrogen and oxygen atoms in total. The van der Waals surface area contributed by atoms with Gasteiger partial charge in [0.05, 0.1) is 12.8 Å². The van der Waals surface area contributed by atoms with Gasteiger partial charge in [0.1, 0.15) is 0 Å². The summed E-state index contributed by atoms with van der Waals surface area (Å²) in [7, 11) is 0. The SMILES string of the molecule is O=C(CNc1ccc(I)cc1)N/N=C\c1cn(Cc2ccc(Cl)cc2Cl)c2ccccc12. The quantitative estimate of drug-likeness (QED) is 0.157. The zero-order chi connectivity index (χ0) is 22.5. The molecule has 1 aromatic heterocycles. The molecule has 0 unspecified atom stereocenters. The summed E-state index contributed by atoms with van der Waals surface area (Å²) in [6.07, 6.45) is 3.65. The second-order valence-electron chi connectivity index (χ2n) is 7.12. The third-order valence-corrected chi connectivity index (χ3v) is 6.17. The Bertz CT molecular complexity index is 1290. The Labute approximate surface area is 209 Å². The Morgan fingerprint density at radius 1 is 1.06 bits per heavy atom. The molecule has 162 valence electrons. The molecule has 1 amide bonds. The largest absolute Gasteiger partial charge is 0.376 e. The van der Waals surface area contributed by atoms with E-state index < -0.39 is 0 Å². The van der Waals surface area contributed by atoms with E-state index in [0.29, 0.717) is 16.6 Å². The Balaban J connectivity index is 1.45. The first-order valence-electron chi connectivity index (χ1n) is 9.83. The van der Waals surface area contributed by atoms with Gasteiger partial charge in [0.25, 0.3) is 5.91 Å². The molecule has 4 rings (SSSR count). The highest BCUT2D eigenvalue weighted by Gasteiger charge is 2.09. The third kappa shape index (κ3) is 5.62. The average Bonchev–Trinajstić information content (AvgIpc) is 3.13. The lowest BCUT2D eigenvalue weighted by atomic mass is 10.2. The summed E-state index contributed by atoms with van der Waals surface area (Å²) < 4.78 is 3.24. The van der Waals surface area contributed by atoms with Gasteiger partial charge >= 0.3 is 0 Å². The normalized spacial score (nSPS) is 11.2. The number of amides is 1. The second-order valence-corrected chi connectivity index (χ2v) is 9.21. The van der Waals surface area contributed by atoms with Gasteiger partial charge < -0.3 is 9.88 Å². The number of rotatable bonds is 7. The molecular formula is C24H19Cl2IN4O. The summed E-state index contributed by atoms with van der Waals surface area (Å²) in [6.45, 7) is 0.728. The highest BCUT2D eigenvalue weighted by Crippen LogP contribution is 2.25. The lowest BCUT2D eigenvalue weighted by molar-refractivity contribution is -0.119. The highest BCUT2D eigenvalue weighted by atomic mass is 127. The van der Waals surface area contributed by atoms with Crippen LogP contribution in [0.3, 0.4) is 0 Å². The van der Waals surface area contributed by atoms with Crippen molar-refractivity contribution in [2.75, 3.05) is 11.9 Å². The minimum atomic E-state index is -0.225. The molecule has 0 atom stereocenters. The lowest BCUT2D eigenvalue weighted by Gasteiger charge is -2.08. The fourth-order valence-electron chi connectivity index (χ4n) is 3.31. The number of carbonyl (C=O) groups excluding carboxylic acids is 1. The zero-order valence-electron chi connectivity index (χ0n) is 16.9. The van der Waals surface area contributed by atoms with Crippen molar-refractivity contribution in [1.29, 1.82) is 0 Å². The van der Waals surface area contributed by atoms with E-state index in [0.717, 1.165) is 31.3 Å². The number of fused-ring (bicyclic) bond motifs is 1. The van der Waals surface area contributed by atoms with Crippen molar-refractivity contribution >= 4 is 74.5 Å². The van der Waals surface area contributed by atoms with Gasteiger partial charge in [0.15, 0.2) is 0 Å². The van der Waals surface area contributed by atoms with Crippen molar-refractivity contribution in [3.63, 3.8) is 0 Å². The number of hydrogen-bond acceptors (Lipinski definition) is 3. The molecule has 0 spiro atoms. The average molecular weight is 577 g/mol. The standard InChI is InChI=1S/C24H19Cl2IN4O/c25-18-6-5-16(22(26)11-18)14-31-15-17(21-3-1-2-4-23(21)31)12-29-30-24(32)13-28-20-9-7-19(27)8-10-20/h1-12,15,28H,13-14H2,(H,30,32)/b29-12-. The van der Waals surface area contributed by atoms with E-state index in [1.54, 1.807) is 12.3 Å². The number of carbonyl (C=O) groups is 1. The van der Waals surface area contributed by atoms with Crippen LogP contribution in [0, 0.1) is 3.57 Å². The predicted octanol–water partition coefficient (Wildman–Crippen LogP) is 6.16. The van der Waals surface area contributed by atoms with Gasteiger partial charge in [-0.25, -0.2) is 5.43 Å². The Morgan fingerprint density at radius 2 is 1.84 bits per heavy atom. The number of benzene rings is 3. The topological polar surface area (TPSA) is 58.4 Å². The summed E-state index contributed by atoms with van der Waals surface area (Å²) in [4.78, 5) is 12.1. The maximum Gasteiger partial charge on any atom is 0.259 e. The second kappa shape index (κ2) is 10.4. The first-order valence-corrected chi connectivity index (χ1v) is 11.7. The molecule has 2 N–H and O–H groups in total. The van der Waals surface area contributed by atoms with Crippen molar-refractivity contribution in [3.05, 3.63) is 97.7 Å². The lowest BCUT2D eigenvalue weighted by Crippen LogP contribution is -2.25. The Hall–Kier alpha value is -2.55. The van der Waals surface area contributed by atoms with Crippen LogP contribution in [0.4, 0.5) is 5.69 Å². The number of aromatic nitrogens is 1. The van der Waals surface area contributed by atoms with Gasteiger partial charge in [-0.05, 0) is 70.6 Å². The van der Waals surface area contributed by atoms with Gasteiger partial charge in [-0.3, -0.25) is 4.79 Å². The maximum absolute atomic E-state index is 12.1. The Morgan fingerprint density at radius 3 is 2.62 bits per heavy atom. The molecule has 8 heteroatoms. The summed E-state index contributed by atoms with van der Waals surface area (Å²) in [5.74, 6) is -0.225. The molecule has 0 bridgehead atoms. The summed E-state index contributed by atoms with van der Waals surface area (Å²) in [5.41, 5.74) is 6.37. The highest BCUT2D eigenvalue weighted by molar-refractivity contribution is 14.1. The minimum Gasteiger partial charge on any atom is -0.376 e. The molecule has 0 aliphatic heterocycles. The molecule has 1 heterocycles. The first-order chi connectivity index (χ1) is 15.5. The van der Waals surface area contributed by atoms with E-state index in [1.807, 2.05) is 66.9 Å². The molecule has 0 fully saturated rings. The molecule has 0 saturated carbocycles. The van der Waals surface area contributed by atoms with Crippen LogP contribution in [-0.4, -0.2) is 23.2 Å².